The molecule has 0 radical (unpaired) electrons. The van der Waals surface area contributed by atoms with Crippen LogP contribution in [0.25, 0.3) is 0 Å². The summed E-state index contributed by atoms with van der Waals surface area (Å²) in [6.07, 6.45) is 6.66. The highest BCUT2D eigenvalue weighted by atomic mass is 17.1. The van der Waals surface area contributed by atoms with E-state index in [2.05, 4.69) is 31.7 Å². The zero-order chi connectivity index (χ0) is 11.0. The summed E-state index contributed by atoms with van der Waals surface area (Å²) < 4.78 is 0. The lowest BCUT2D eigenvalue weighted by atomic mass is 9.99. The molecule has 0 aliphatic rings. The Hall–Kier alpha value is -0.340. The number of allylic oxidation sites excluding steroid dienone is 1. The molecule has 0 saturated carbocycles. The van der Waals surface area contributed by atoms with Crippen molar-refractivity contribution in [2.24, 2.45) is 5.92 Å². The molecule has 2 nitrogen and oxygen atoms in total. The van der Waals surface area contributed by atoms with Gasteiger partial charge in [-0.25, -0.2) is 4.89 Å². The summed E-state index contributed by atoms with van der Waals surface area (Å²) in [5.74, 6) is 0.764. The van der Waals surface area contributed by atoms with Crippen LogP contribution in [0.5, 0.6) is 0 Å². The SMILES string of the molecule is CCCC(C)C/C=C(\C)C[C@@H](C)OO. The Kier molecular flexibility index (Phi) is 7.81. The van der Waals surface area contributed by atoms with E-state index < -0.39 is 0 Å². The zero-order valence-electron chi connectivity index (χ0n) is 9.92. The summed E-state index contributed by atoms with van der Waals surface area (Å²) in [5, 5.41) is 8.42. The Balaban J connectivity index is 3.75. The van der Waals surface area contributed by atoms with E-state index in [0.29, 0.717) is 0 Å². The molecule has 0 aliphatic heterocycles. The fraction of sp³-hybridized carbons (Fsp3) is 0.833. The van der Waals surface area contributed by atoms with Crippen molar-refractivity contribution in [1.29, 1.82) is 0 Å². The lowest BCUT2D eigenvalue weighted by Crippen LogP contribution is -2.05. The fourth-order valence-electron chi connectivity index (χ4n) is 1.59. The monoisotopic (exact) mass is 200 g/mol. The lowest BCUT2D eigenvalue weighted by Gasteiger charge is -2.09. The highest BCUT2D eigenvalue weighted by Crippen LogP contribution is 2.14. The first-order chi connectivity index (χ1) is 6.60. The van der Waals surface area contributed by atoms with Crippen LogP contribution in [0, 0.1) is 5.92 Å². The van der Waals surface area contributed by atoms with Crippen molar-refractivity contribution in [3.8, 4) is 0 Å². The van der Waals surface area contributed by atoms with E-state index >= 15 is 0 Å². The second-order valence-corrected chi connectivity index (χ2v) is 4.30. The molecule has 0 fully saturated rings. The van der Waals surface area contributed by atoms with Crippen LogP contribution in [0.1, 0.15) is 53.4 Å². The second kappa shape index (κ2) is 8.01. The van der Waals surface area contributed by atoms with Gasteiger partial charge in [0.2, 0.25) is 0 Å². The van der Waals surface area contributed by atoms with Gasteiger partial charge in [-0.2, -0.15) is 0 Å². The molecule has 1 N–H and O–H groups in total. The van der Waals surface area contributed by atoms with Gasteiger partial charge < -0.3 is 0 Å². The summed E-state index contributed by atoms with van der Waals surface area (Å²) in [4.78, 5) is 4.23. The van der Waals surface area contributed by atoms with Crippen molar-refractivity contribution in [2.75, 3.05) is 0 Å². The molecule has 2 heteroatoms. The third kappa shape index (κ3) is 7.10. The molecule has 0 aromatic heterocycles. The van der Waals surface area contributed by atoms with Gasteiger partial charge in [0, 0.05) is 0 Å². The zero-order valence-corrected chi connectivity index (χ0v) is 9.92. The maximum atomic E-state index is 8.42. The highest BCUT2D eigenvalue weighted by Gasteiger charge is 2.03. The first-order valence-electron chi connectivity index (χ1n) is 5.56. The van der Waals surface area contributed by atoms with Gasteiger partial charge in [-0.1, -0.05) is 38.3 Å². The predicted octanol–water partition coefficient (Wildman–Crippen LogP) is 4.03. The van der Waals surface area contributed by atoms with Gasteiger partial charge in [-0.15, -0.1) is 0 Å². The van der Waals surface area contributed by atoms with E-state index in [1.807, 2.05) is 6.92 Å². The Morgan fingerprint density at radius 2 is 2.07 bits per heavy atom. The summed E-state index contributed by atoms with van der Waals surface area (Å²) in [7, 11) is 0. The summed E-state index contributed by atoms with van der Waals surface area (Å²) in [5.41, 5.74) is 1.30. The Bertz CT molecular complexity index is 164. The minimum atomic E-state index is -0.0901. The standard InChI is InChI=1S/C12H24O2/c1-5-6-10(2)7-8-11(3)9-12(4)14-13/h8,10,12-13H,5-7,9H2,1-4H3/b11-8+/t10?,12-/m1/s1. The van der Waals surface area contributed by atoms with Crippen LogP contribution in [0.2, 0.25) is 0 Å². The summed E-state index contributed by atoms with van der Waals surface area (Å²) in [6, 6.07) is 0. The van der Waals surface area contributed by atoms with E-state index in [1.165, 1.54) is 18.4 Å². The van der Waals surface area contributed by atoms with E-state index in [4.69, 9.17) is 5.26 Å². The third-order valence-electron chi connectivity index (χ3n) is 2.44. The minimum absolute atomic E-state index is 0.0901. The predicted molar refractivity (Wildman–Crippen MR) is 60.2 cm³/mol. The first kappa shape index (κ1) is 13.7. The molecule has 0 heterocycles. The van der Waals surface area contributed by atoms with Crippen LogP contribution in [0.4, 0.5) is 0 Å². The number of rotatable bonds is 7. The molecule has 2 atom stereocenters. The van der Waals surface area contributed by atoms with E-state index in [-0.39, 0.29) is 6.10 Å². The van der Waals surface area contributed by atoms with Gasteiger partial charge in [0.15, 0.2) is 0 Å². The number of hydrogen-bond donors (Lipinski definition) is 1. The van der Waals surface area contributed by atoms with Crippen molar-refractivity contribution in [3.05, 3.63) is 11.6 Å². The van der Waals surface area contributed by atoms with E-state index in [0.717, 1.165) is 18.8 Å². The van der Waals surface area contributed by atoms with Crippen molar-refractivity contribution in [1.82, 2.24) is 0 Å². The van der Waals surface area contributed by atoms with Gasteiger partial charge in [0.1, 0.15) is 0 Å². The second-order valence-electron chi connectivity index (χ2n) is 4.30. The van der Waals surface area contributed by atoms with E-state index in [9.17, 15) is 0 Å². The van der Waals surface area contributed by atoms with Gasteiger partial charge in [0.05, 0.1) is 6.10 Å². The van der Waals surface area contributed by atoms with Gasteiger partial charge in [-0.3, -0.25) is 5.26 Å². The molecule has 0 saturated heterocycles. The molecule has 0 aromatic carbocycles. The molecule has 14 heavy (non-hydrogen) atoms. The van der Waals surface area contributed by atoms with Crippen molar-refractivity contribution in [3.63, 3.8) is 0 Å². The maximum Gasteiger partial charge on any atom is 0.0936 e. The molecule has 0 bridgehead atoms. The lowest BCUT2D eigenvalue weighted by molar-refractivity contribution is -0.273. The van der Waals surface area contributed by atoms with Crippen molar-refractivity contribution < 1.29 is 10.1 Å². The van der Waals surface area contributed by atoms with Gasteiger partial charge in [-0.05, 0) is 32.6 Å². The van der Waals surface area contributed by atoms with Crippen LogP contribution >= 0.6 is 0 Å². The molecular formula is C12H24O2. The molecule has 0 aromatic rings. The summed E-state index contributed by atoms with van der Waals surface area (Å²) >= 11 is 0. The van der Waals surface area contributed by atoms with Gasteiger partial charge in [0.25, 0.3) is 0 Å². The number of hydrogen-bond acceptors (Lipinski definition) is 2. The van der Waals surface area contributed by atoms with Gasteiger partial charge >= 0.3 is 0 Å². The van der Waals surface area contributed by atoms with Crippen LogP contribution in [0.3, 0.4) is 0 Å². The normalized spacial score (nSPS) is 16.8. The molecule has 84 valence electrons. The topological polar surface area (TPSA) is 29.5 Å². The molecule has 0 aliphatic carbocycles. The molecular weight excluding hydrogens is 176 g/mol. The molecule has 1 unspecified atom stereocenters. The Morgan fingerprint density at radius 1 is 1.43 bits per heavy atom. The van der Waals surface area contributed by atoms with Crippen LogP contribution in [-0.2, 0) is 4.89 Å². The Labute approximate surface area is 87.9 Å². The fourth-order valence-corrected chi connectivity index (χ4v) is 1.59. The highest BCUT2D eigenvalue weighted by molar-refractivity contribution is 4.99. The third-order valence-corrected chi connectivity index (χ3v) is 2.44. The minimum Gasteiger partial charge on any atom is -0.252 e. The maximum absolute atomic E-state index is 8.42. The van der Waals surface area contributed by atoms with Crippen molar-refractivity contribution >= 4 is 0 Å². The smallest absolute Gasteiger partial charge is 0.0936 e. The Morgan fingerprint density at radius 3 is 2.57 bits per heavy atom. The molecule has 0 amide bonds. The van der Waals surface area contributed by atoms with Crippen molar-refractivity contribution in [2.45, 2.75) is 59.5 Å². The average molecular weight is 200 g/mol. The van der Waals surface area contributed by atoms with Crippen LogP contribution in [-0.4, -0.2) is 11.4 Å². The summed E-state index contributed by atoms with van der Waals surface area (Å²) in [6.45, 7) is 8.45. The molecule has 0 spiro atoms. The van der Waals surface area contributed by atoms with Crippen LogP contribution in [0.15, 0.2) is 11.6 Å². The van der Waals surface area contributed by atoms with Crippen LogP contribution < -0.4 is 0 Å². The first-order valence-corrected chi connectivity index (χ1v) is 5.56. The average Bonchev–Trinajstić information content (AvgIpc) is 2.15. The van der Waals surface area contributed by atoms with E-state index in [1.54, 1.807) is 0 Å². The largest absolute Gasteiger partial charge is 0.252 e. The quantitative estimate of drug-likeness (QED) is 0.382. The molecule has 0 rings (SSSR count).